The van der Waals surface area contributed by atoms with Crippen LogP contribution in [-0.4, -0.2) is 37.2 Å². The van der Waals surface area contributed by atoms with Gasteiger partial charge >= 0.3 is 12.1 Å². The molecule has 0 heterocycles. The zero-order valence-electron chi connectivity index (χ0n) is 12.0. The van der Waals surface area contributed by atoms with Crippen molar-refractivity contribution in [1.29, 1.82) is 0 Å². The quantitative estimate of drug-likeness (QED) is 0.684. The molecule has 0 fully saturated rings. The molecule has 0 bridgehead atoms. The first-order valence-electron chi connectivity index (χ1n) is 6.14. The van der Waals surface area contributed by atoms with Gasteiger partial charge in [-0.05, 0) is 24.1 Å². The van der Waals surface area contributed by atoms with E-state index in [9.17, 15) is 27.2 Å². The van der Waals surface area contributed by atoms with E-state index in [1.54, 1.807) is 6.92 Å². The average molecular weight is 322 g/mol. The van der Waals surface area contributed by atoms with Gasteiger partial charge in [0.05, 0.1) is 18.4 Å². The van der Waals surface area contributed by atoms with Crippen molar-refractivity contribution in [3.63, 3.8) is 0 Å². The van der Waals surface area contributed by atoms with Crippen LogP contribution in [0.5, 0.6) is 0 Å². The molecule has 1 aromatic rings. The van der Waals surface area contributed by atoms with Crippen LogP contribution in [0.2, 0.25) is 0 Å². The van der Waals surface area contributed by atoms with E-state index >= 15 is 0 Å². The first-order chi connectivity index (χ1) is 10.1. The number of aryl methyl sites for hydroxylation is 1. The lowest BCUT2D eigenvalue weighted by Crippen LogP contribution is -2.32. The van der Waals surface area contributed by atoms with Gasteiger partial charge < -0.3 is 5.32 Å². The van der Waals surface area contributed by atoms with E-state index in [-0.39, 0.29) is 0 Å². The molecule has 1 N–H and O–H groups in total. The number of rotatable bonds is 4. The Kier molecular flexibility index (Phi) is 5.48. The minimum atomic E-state index is -5.21. The Balaban J connectivity index is 3.36. The van der Waals surface area contributed by atoms with E-state index in [1.165, 1.54) is 18.4 Å². The van der Waals surface area contributed by atoms with Crippen LogP contribution in [0.4, 0.5) is 23.2 Å². The second kappa shape index (κ2) is 6.73. The van der Waals surface area contributed by atoms with Crippen molar-refractivity contribution in [3.8, 4) is 0 Å². The molecule has 1 aromatic carbocycles. The zero-order chi connectivity index (χ0) is 17.1. The number of nitrogens with one attached hydrogen (secondary N) is 1. The molecule has 22 heavy (non-hydrogen) atoms. The molecule has 0 radical (unpaired) electrons. The third-order valence-corrected chi connectivity index (χ3v) is 2.84. The third kappa shape index (κ3) is 3.94. The molecule has 0 spiro atoms. The van der Waals surface area contributed by atoms with Gasteiger partial charge in [-0.3, -0.25) is 14.4 Å². The molecule has 0 aromatic heterocycles. The summed E-state index contributed by atoms with van der Waals surface area (Å²) in [6.07, 6.45) is -4.86. The highest BCUT2D eigenvalue weighted by atomic mass is 19.4. The molecule has 5 nitrogen and oxygen atoms in total. The Morgan fingerprint density at radius 1 is 1.32 bits per heavy atom. The van der Waals surface area contributed by atoms with Crippen LogP contribution in [0.25, 0.3) is 0 Å². The molecule has 0 unspecified atom stereocenters. The Morgan fingerprint density at radius 3 is 2.36 bits per heavy atom. The summed E-state index contributed by atoms with van der Waals surface area (Å²) in [7, 11) is 2.36. The number of alkyl halides is 3. The average Bonchev–Trinajstić information content (AvgIpc) is 2.46. The summed E-state index contributed by atoms with van der Waals surface area (Å²) in [6.45, 7) is 1.68. The molecule has 122 valence electrons. The predicted octanol–water partition coefficient (Wildman–Crippen LogP) is 2.52. The van der Waals surface area contributed by atoms with Gasteiger partial charge in [0.25, 0.3) is 5.91 Å². The first kappa shape index (κ1) is 17.9. The van der Waals surface area contributed by atoms with Gasteiger partial charge in [0.1, 0.15) is 5.82 Å². The number of benzene rings is 1. The fourth-order valence-corrected chi connectivity index (χ4v) is 1.60. The smallest absolute Gasteiger partial charge is 0.315 e. The van der Waals surface area contributed by atoms with Crippen molar-refractivity contribution < 1.29 is 32.0 Å². The van der Waals surface area contributed by atoms with Crippen molar-refractivity contribution in [1.82, 2.24) is 5.06 Å². The summed E-state index contributed by atoms with van der Waals surface area (Å²) in [6, 6.07) is 2.16. The lowest BCUT2D eigenvalue weighted by Gasteiger charge is -2.18. The fraction of sp³-hybridized carbons (Fsp3) is 0.385. The SMILES string of the molecule is CCc1cc(F)c(NC(=O)C(F)(F)F)c(C(=O)N(C)OC)c1. The van der Waals surface area contributed by atoms with Gasteiger partial charge in [0.2, 0.25) is 0 Å². The van der Waals surface area contributed by atoms with Crippen LogP contribution >= 0.6 is 0 Å². The number of carbonyl (C=O) groups is 2. The Bertz CT molecular complexity index is 587. The maximum Gasteiger partial charge on any atom is 0.471 e. The maximum atomic E-state index is 14.0. The fourth-order valence-electron chi connectivity index (χ4n) is 1.60. The van der Waals surface area contributed by atoms with Gasteiger partial charge in [-0.25, -0.2) is 9.45 Å². The normalized spacial score (nSPS) is 11.2. The Morgan fingerprint density at radius 2 is 1.91 bits per heavy atom. The van der Waals surface area contributed by atoms with E-state index in [0.29, 0.717) is 17.0 Å². The maximum absolute atomic E-state index is 14.0. The number of amides is 2. The van der Waals surface area contributed by atoms with Crippen molar-refractivity contribution in [3.05, 3.63) is 29.1 Å². The zero-order valence-corrected chi connectivity index (χ0v) is 12.0. The monoisotopic (exact) mass is 322 g/mol. The largest absolute Gasteiger partial charge is 0.471 e. The van der Waals surface area contributed by atoms with Crippen LogP contribution in [0.1, 0.15) is 22.8 Å². The number of hydrogen-bond acceptors (Lipinski definition) is 3. The summed E-state index contributed by atoms with van der Waals surface area (Å²) in [5.74, 6) is -4.40. The highest BCUT2D eigenvalue weighted by molar-refractivity contribution is 6.04. The molecular formula is C13H14F4N2O3. The highest BCUT2D eigenvalue weighted by Gasteiger charge is 2.40. The molecule has 0 saturated carbocycles. The highest BCUT2D eigenvalue weighted by Crippen LogP contribution is 2.26. The van der Waals surface area contributed by atoms with E-state index < -0.39 is 35.1 Å². The molecule has 0 aliphatic rings. The van der Waals surface area contributed by atoms with Crippen LogP contribution in [0.3, 0.4) is 0 Å². The molecule has 0 saturated heterocycles. The van der Waals surface area contributed by atoms with E-state index in [1.807, 2.05) is 0 Å². The topological polar surface area (TPSA) is 58.6 Å². The second-order valence-electron chi connectivity index (χ2n) is 4.29. The van der Waals surface area contributed by atoms with Gasteiger partial charge in [-0.15, -0.1) is 0 Å². The Hall–Kier alpha value is -2.16. The lowest BCUT2D eigenvalue weighted by molar-refractivity contribution is -0.167. The molecule has 9 heteroatoms. The molecular weight excluding hydrogens is 308 g/mol. The molecule has 0 atom stereocenters. The van der Waals surface area contributed by atoms with Crippen LogP contribution in [0.15, 0.2) is 12.1 Å². The number of halogens is 4. The van der Waals surface area contributed by atoms with E-state index in [4.69, 9.17) is 0 Å². The molecule has 0 aliphatic carbocycles. The predicted molar refractivity (Wildman–Crippen MR) is 69.6 cm³/mol. The summed E-state index contributed by atoms with van der Waals surface area (Å²) in [5.41, 5.74) is -0.886. The van der Waals surface area contributed by atoms with Gasteiger partial charge in [0, 0.05) is 7.05 Å². The number of hydrogen-bond donors (Lipinski definition) is 1. The summed E-state index contributed by atoms with van der Waals surface area (Å²) in [4.78, 5) is 27.7. The Labute approximate surface area is 123 Å². The van der Waals surface area contributed by atoms with Crippen LogP contribution in [-0.2, 0) is 16.1 Å². The molecule has 1 rings (SSSR count). The van der Waals surface area contributed by atoms with Crippen molar-refractivity contribution in [2.75, 3.05) is 19.5 Å². The van der Waals surface area contributed by atoms with Gasteiger partial charge in [-0.1, -0.05) is 6.92 Å². The summed E-state index contributed by atoms with van der Waals surface area (Å²) in [5, 5.41) is 2.09. The number of carbonyl (C=O) groups excluding carboxylic acids is 2. The third-order valence-electron chi connectivity index (χ3n) is 2.84. The molecule has 0 aliphatic heterocycles. The lowest BCUT2D eigenvalue weighted by atomic mass is 10.0. The summed E-state index contributed by atoms with van der Waals surface area (Å²) >= 11 is 0. The number of nitrogens with zero attached hydrogens (tertiary/aromatic N) is 1. The summed E-state index contributed by atoms with van der Waals surface area (Å²) < 4.78 is 50.9. The van der Waals surface area contributed by atoms with Crippen molar-refractivity contribution in [2.45, 2.75) is 19.5 Å². The standard InChI is InChI=1S/C13H14F4N2O3/c1-4-7-5-8(11(20)19(2)22-3)10(9(14)6-7)18-12(21)13(15,16)17/h5-6H,4H2,1-3H3,(H,18,21). The van der Waals surface area contributed by atoms with Crippen LogP contribution < -0.4 is 5.32 Å². The number of anilines is 1. The molecule has 2 amide bonds. The van der Waals surface area contributed by atoms with Crippen molar-refractivity contribution >= 4 is 17.5 Å². The van der Waals surface area contributed by atoms with E-state index in [2.05, 4.69) is 4.84 Å². The first-order valence-corrected chi connectivity index (χ1v) is 6.14. The minimum absolute atomic E-state index is 0.349. The second-order valence-corrected chi connectivity index (χ2v) is 4.29. The number of hydroxylamine groups is 2. The van der Waals surface area contributed by atoms with Gasteiger partial charge in [0.15, 0.2) is 0 Å². The van der Waals surface area contributed by atoms with Crippen molar-refractivity contribution in [2.24, 2.45) is 0 Å². The van der Waals surface area contributed by atoms with Crippen LogP contribution in [0, 0.1) is 5.82 Å². The van der Waals surface area contributed by atoms with Gasteiger partial charge in [-0.2, -0.15) is 13.2 Å². The minimum Gasteiger partial charge on any atom is -0.315 e. The van der Waals surface area contributed by atoms with E-state index in [0.717, 1.165) is 13.2 Å².